The maximum absolute atomic E-state index is 9.38. The van der Waals surface area contributed by atoms with Crippen molar-refractivity contribution >= 4 is 35.3 Å². The number of thiol groups is 1. The highest BCUT2D eigenvalue weighted by Gasteiger charge is 2.18. The van der Waals surface area contributed by atoms with Gasteiger partial charge in [-0.05, 0) is 29.5 Å². The van der Waals surface area contributed by atoms with Crippen LogP contribution in [0.15, 0.2) is 46.5 Å². The Bertz CT molecular complexity index is 597. The summed E-state index contributed by atoms with van der Waals surface area (Å²) in [4.78, 5) is 0. The Morgan fingerprint density at radius 2 is 2.22 bits per heavy atom. The molecule has 1 aliphatic rings. The van der Waals surface area contributed by atoms with E-state index in [2.05, 4.69) is 28.4 Å². The van der Waals surface area contributed by atoms with Crippen LogP contribution in [0.5, 0.6) is 0 Å². The molecule has 0 saturated carbocycles. The zero-order valence-corrected chi connectivity index (χ0v) is 11.3. The standard InChI is InChI=1S/C13H10N2OS2/c1-9-4-2-3-5-10(9)12(8-14)11-6-7-18-13(11)15-16-17/h2-7,17H,1H3/b12-11+,15-13-. The van der Waals surface area contributed by atoms with E-state index in [0.717, 1.165) is 16.7 Å². The van der Waals surface area contributed by atoms with Crippen LogP contribution in [0, 0.1) is 18.3 Å². The molecule has 0 radical (unpaired) electrons. The molecule has 0 bridgehead atoms. The van der Waals surface area contributed by atoms with Gasteiger partial charge in [0.2, 0.25) is 0 Å². The number of nitriles is 1. The van der Waals surface area contributed by atoms with Gasteiger partial charge in [-0.3, -0.25) is 0 Å². The molecule has 0 N–H and O–H groups in total. The zero-order chi connectivity index (χ0) is 13.0. The summed E-state index contributed by atoms with van der Waals surface area (Å²) in [5, 5.41) is 15.7. The Morgan fingerprint density at radius 3 is 2.89 bits per heavy atom. The van der Waals surface area contributed by atoms with Gasteiger partial charge in [-0.2, -0.15) is 5.26 Å². The van der Waals surface area contributed by atoms with Crippen molar-refractivity contribution in [1.29, 1.82) is 5.26 Å². The largest absolute Gasteiger partial charge is 0.324 e. The molecule has 0 fully saturated rings. The molecule has 0 amide bonds. The fourth-order valence-corrected chi connectivity index (χ4v) is 2.57. The molecule has 3 nitrogen and oxygen atoms in total. The number of nitrogens with zero attached hydrogens (tertiary/aromatic N) is 2. The second-order valence-corrected chi connectivity index (χ2v) is 4.67. The van der Waals surface area contributed by atoms with E-state index in [1.54, 1.807) is 0 Å². The van der Waals surface area contributed by atoms with Gasteiger partial charge in [0.1, 0.15) is 11.1 Å². The highest BCUT2D eigenvalue weighted by molar-refractivity contribution is 8.17. The maximum Gasteiger partial charge on any atom is 0.150 e. The average molecular weight is 274 g/mol. The van der Waals surface area contributed by atoms with E-state index in [9.17, 15) is 5.26 Å². The topological polar surface area (TPSA) is 45.4 Å². The Labute approximate surface area is 115 Å². The van der Waals surface area contributed by atoms with Crippen LogP contribution in [0.3, 0.4) is 0 Å². The van der Waals surface area contributed by atoms with Crippen molar-refractivity contribution in [3.63, 3.8) is 0 Å². The van der Waals surface area contributed by atoms with E-state index in [-0.39, 0.29) is 0 Å². The highest BCUT2D eigenvalue weighted by atomic mass is 32.2. The molecular weight excluding hydrogens is 264 g/mol. The van der Waals surface area contributed by atoms with Gasteiger partial charge in [0.05, 0.1) is 18.5 Å². The summed E-state index contributed by atoms with van der Waals surface area (Å²) in [5.41, 5.74) is 3.33. The van der Waals surface area contributed by atoms with E-state index in [4.69, 9.17) is 0 Å². The smallest absolute Gasteiger partial charge is 0.150 e. The summed E-state index contributed by atoms with van der Waals surface area (Å²) in [6, 6.07) is 10.0. The summed E-state index contributed by atoms with van der Waals surface area (Å²) in [6.07, 6.45) is 1.86. The van der Waals surface area contributed by atoms with Crippen LogP contribution in [0.4, 0.5) is 0 Å². The third kappa shape index (κ3) is 2.45. The highest BCUT2D eigenvalue weighted by Crippen LogP contribution is 2.31. The Balaban J connectivity index is 2.59. The van der Waals surface area contributed by atoms with Crippen LogP contribution >= 0.6 is 24.7 Å². The number of rotatable bonds is 2. The van der Waals surface area contributed by atoms with Crippen LogP contribution < -0.4 is 0 Å². The molecule has 0 saturated heterocycles. The SMILES string of the molecule is Cc1ccccc1/C(C#N)=C1\C=CS\C1=N/OS. The molecule has 90 valence electrons. The molecule has 0 atom stereocenters. The van der Waals surface area contributed by atoms with Crippen molar-refractivity contribution < 1.29 is 4.28 Å². The summed E-state index contributed by atoms with van der Waals surface area (Å²) in [5.74, 6) is 0. The maximum atomic E-state index is 9.38. The third-order valence-corrected chi connectivity index (χ3v) is 3.44. The van der Waals surface area contributed by atoms with Crippen molar-refractivity contribution in [2.75, 3.05) is 0 Å². The summed E-state index contributed by atoms with van der Waals surface area (Å²) in [7, 11) is 0. The summed E-state index contributed by atoms with van der Waals surface area (Å²) in [6.45, 7) is 1.98. The Morgan fingerprint density at radius 1 is 1.44 bits per heavy atom. The number of benzene rings is 1. The van der Waals surface area contributed by atoms with E-state index in [0.29, 0.717) is 10.6 Å². The second-order valence-electron chi connectivity index (χ2n) is 3.61. The predicted octanol–water partition coefficient (Wildman–Crippen LogP) is 3.71. The predicted molar refractivity (Wildman–Crippen MR) is 77.9 cm³/mol. The van der Waals surface area contributed by atoms with Crippen molar-refractivity contribution in [3.05, 3.63) is 52.4 Å². The fourth-order valence-electron chi connectivity index (χ4n) is 1.72. The number of oxime groups is 1. The van der Waals surface area contributed by atoms with E-state index in [1.165, 1.54) is 11.8 Å². The van der Waals surface area contributed by atoms with Crippen LogP contribution in [-0.2, 0) is 4.28 Å². The average Bonchev–Trinajstić information content (AvgIpc) is 2.82. The lowest BCUT2D eigenvalue weighted by atomic mass is 9.97. The molecule has 1 aromatic carbocycles. The zero-order valence-electron chi connectivity index (χ0n) is 9.62. The van der Waals surface area contributed by atoms with Gasteiger partial charge in [-0.1, -0.05) is 41.2 Å². The van der Waals surface area contributed by atoms with E-state index in [1.807, 2.05) is 42.7 Å². The molecule has 0 spiro atoms. The molecule has 5 heteroatoms. The number of hydrogen-bond acceptors (Lipinski definition) is 5. The van der Waals surface area contributed by atoms with Gasteiger partial charge in [0.15, 0.2) is 0 Å². The van der Waals surface area contributed by atoms with E-state index < -0.39 is 0 Å². The minimum absolute atomic E-state index is 0.596. The van der Waals surface area contributed by atoms with Crippen molar-refractivity contribution in [3.8, 4) is 6.07 Å². The van der Waals surface area contributed by atoms with Crippen molar-refractivity contribution in [2.45, 2.75) is 6.92 Å². The first-order chi connectivity index (χ1) is 8.77. The second kappa shape index (κ2) is 5.80. The Kier molecular flexibility index (Phi) is 4.13. The van der Waals surface area contributed by atoms with Crippen LogP contribution in [0.2, 0.25) is 0 Å². The normalized spacial score (nSPS) is 18.8. The molecule has 1 aromatic rings. The number of aryl methyl sites for hydroxylation is 1. The summed E-state index contributed by atoms with van der Waals surface area (Å²) >= 11 is 5.01. The minimum atomic E-state index is 0.596. The lowest BCUT2D eigenvalue weighted by molar-refractivity contribution is 0.416. The summed E-state index contributed by atoms with van der Waals surface area (Å²) < 4.78 is 4.49. The molecule has 0 aliphatic carbocycles. The first-order valence-corrected chi connectivity index (χ1v) is 6.45. The molecule has 18 heavy (non-hydrogen) atoms. The van der Waals surface area contributed by atoms with Gasteiger partial charge in [0, 0.05) is 5.57 Å². The molecule has 1 aliphatic heterocycles. The van der Waals surface area contributed by atoms with Crippen molar-refractivity contribution in [2.24, 2.45) is 5.16 Å². The van der Waals surface area contributed by atoms with Crippen LogP contribution in [-0.4, -0.2) is 5.04 Å². The lowest BCUT2D eigenvalue weighted by Crippen LogP contribution is -1.97. The first kappa shape index (κ1) is 12.8. The monoisotopic (exact) mass is 274 g/mol. The molecule has 2 rings (SSSR count). The van der Waals surface area contributed by atoms with Gasteiger partial charge in [-0.15, -0.1) is 0 Å². The van der Waals surface area contributed by atoms with Crippen molar-refractivity contribution in [1.82, 2.24) is 0 Å². The quantitative estimate of drug-likeness (QED) is 0.387. The number of allylic oxidation sites excluding steroid dienone is 2. The lowest BCUT2D eigenvalue weighted by Gasteiger charge is -2.06. The molecular formula is C13H10N2OS2. The van der Waals surface area contributed by atoms with Gasteiger partial charge in [0.25, 0.3) is 0 Å². The van der Waals surface area contributed by atoms with Gasteiger partial charge in [-0.25, -0.2) is 0 Å². The molecule has 0 aromatic heterocycles. The minimum Gasteiger partial charge on any atom is -0.324 e. The molecule has 1 heterocycles. The third-order valence-electron chi connectivity index (χ3n) is 2.56. The fraction of sp³-hybridized carbons (Fsp3) is 0.0769. The number of hydrogen-bond donors (Lipinski definition) is 1. The van der Waals surface area contributed by atoms with Crippen LogP contribution in [0.1, 0.15) is 11.1 Å². The van der Waals surface area contributed by atoms with Crippen LogP contribution in [0.25, 0.3) is 5.57 Å². The first-order valence-electron chi connectivity index (χ1n) is 5.20. The van der Waals surface area contributed by atoms with Gasteiger partial charge < -0.3 is 4.28 Å². The van der Waals surface area contributed by atoms with Gasteiger partial charge >= 0.3 is 0 Å². The molecule has 0 unspecified atom stereocenters. The Hall–Kier alpha value is -1.64. The number of thioether (sulfide) groups is 1. The van der Waals surface area contributed by atoms with E-state index >= 15 is 0 Å².